The lowest BCUT2D eigenvalue weighted by Gasteiger charge is -2.27. The molecule has 0 atom stereocenters. The molecule has 0 saturated carbocycles. The quantitative estimate of drug-likeness (QED) is 0.906. The van der Waals surface area contributed by atoms with Gasteiger partial charge < -0.3 is 15.1 Å². The van der Waals surface area contributed by atoms with E-state index < -0.39 is 0 Å². The van der Waals surface area contributed by atoms with Gasteiger partial charge in [-0.05, 0) is 6.92 Å². The third-order valence-electron chi connectivity index (χ3n) is 3.75. The second kappa shape index (κ2) is 5.40. The minimum absolute atomic E-state index is 0.115. The molecule has 2 aromatic rings. The van der Waals surface area contributed by atoms with Gasteiger partial charge in [-0.25, -0.2) is 15.0 Å². The summed E-state index contributed by atoms with van der Waals surface area (Å²) in [4.78, 5) is 27.0. The first-order chi connectivity index (χ1) is 10.5. The fourth-order valence-corrected chi connectivity index (χ4v) is 2.52. The predicted octanol–water partition coefficient (Wildman–Crippen LogP) is 1.68. The van der Waals surface area contributed by atoms with E-state index in [2.05, 4.69) is 15.0 Å². The van der Waals surface area contributed by atoms with E-state index in [1.165, 1.54) is 0 Å². The Morgan fingerprint density at radius 3 is 2.86 bits per heavy atom. The van der Waals surface area contributed by atoms with E-state index in [0.29, 0.717) is 36.9 Å². The first-order valence-electron chi connectivity index (χ1n) is 7.32. The molecule has 0 unspecified atom stereocenters. The molecule has 2 aromatic heterocycles. The highest BCUT2D eigenvalue weighted by molar-refractivity contribution is 5.93. The number of anilines is 1. The van der Waals surface area contributed by atoms with Gasteiger partial charge in [0.25, 0.3) is 5.91 Å². The van der Waals surface area contributed by atoms with Crippen LogP contribution in [-0.2, 0) is 13.0 Å². The van der Waals surface area contributed by atoms with Gasteiger partial charge in [0.05, 0.1) is 5.69 Å². The number of hydrogen-bond acceptors (Lipinski definition) is 6. The average Bonchev–Trinajstić information content (AvgIpc) is 2.88. The van der Waals surface area contributed by atoms with Crippen molar-refractivity contribution >= 4 is 11.9 Å². The summed E-state index contributed by atoms with van der Waals surface area (Å²) < 4.78 is 5.57. The fourth-order valence-electron chi connectivity index (χ4n) is 2.52. The number of nitrogens with zero attached hydrogens (tertiary/aromatic N) is 4. The van der Waals surface area contributed by atoms with Gasteiger partial charge in [-0.1, -0.05) is 13.8 Å². The van der Waals surface area contributed by atoms with Crippen molar-refractivity contribution in [3.05, 3.63) is 34.8 Å². The van der Waals surface area contributed by atoms with Crippen LogP contribution in [0.1, 0.15) is 53.2 Å². The number of amides is 1. The molecule has 2 N–H and O–H groups in total. The molecule has 116 valence electrons. The SMILES string of the molecule is Cc1oc(C(C)C)nc1C(=O)N1CCc2nc(N)ncc2C1. The number of rotatable bonds is 2. The minimum atomic E-state index is -0.115. The number of aromatic nitrogens is 3. The number of nitrogen functional groups attached to an aromatic ring is 1. The molecule has 1 aliphatic rings. The topological polar surface area (TPSA) is 98.1 Å². The van der Waals surface area contributed by atoms with Gasteiger partial charge in [0.15, 0.2) is 11.6 Å². The Labute approximate surface area is 128 Å². The average molecular weight is 301 g/mol. The lowest BCUT2D eigenvalue weighted by atomic mass is 10.1. The van der Waals surface area contributed by atoms with Crippen molar-refractivity contribution in [3.8, 4) is 0 Å². The van der Waals surface area contributed by atoms with Crippen LogP contribution in [0.3, 0.4) is 0 Å². The van der Waals surface area contributed by atoms with E-state index in [-0.39, 0.29) is 17.8 Å². The molecule has 3 heterocycles. The lowest BCUT2D eigenvalue weighted by Crippen LogP contribution is -2.37. The second-order valence-electron chi connectivity index (χ2n) is 5.79. The Morgan fingerprint density at radius 1 is 1.41 bits per heavy atom. The van der Waals surface area contributed by atoms with Gasteiger partial charge in [-0.2, -0.15) is 0 Å². The highest BCUT2D eigenvalue weighted by Gasteiger charge is 2.27. The second-order valence-corrected chi connectivity index (χ2v) is 5.79. The van der Waals surface area contributed by atoms with Gasteiger partial charge >= 0.3 is 0 Å². The fraction of sp³-hybridized carbons (Fsp3) is 0.467. The highest BCUT2D eigenvalue weighted by atomic mass is 16.4. The zero-order chi connectivity index (χ0) is 15.9. The van der Waals surface area contributed by atoms with Crippen LogP contribution in [-0.4, -0.2) is 32.3 Å². The van der Waals surface area contributed by atoms with Gasteiger partial charge in [-0.15, -0.1) is 0 Å². The van der Waals surface area contributed by atoms with E-state index in [4.69, 9.17) is 10.2 Å². The van der Waals surface area contributed by atoms with E-state index in [1.807, 2.05) is 13.8 Å². The number of aryl methyl sites for hydroxylation is 1. The molecule has 0 radical (unpaired) electrons. The van der Waals surface area contributed by atoms with Crippen molar-refractivity contribution in [3.63, 3.8) is 0 Å². The smallest absolute Gasteiger partial charge is 0.276 e. The van der Waals surface area contributed by atoms with Crippen LogP contribution in [0.4, 0.5) is 5.95 Å². The normalized spacial score (nSPS) is 14.3. The summed E-state index contributed by atoms with van der Waals surface area (Å²) in [6, 6.07) is 0. The van der Waals surface area contributed by atoms with E-state index in [0.717, 1.165) is 11.3 Å². The van der Waals surface area contributed by atoms with Crippen molar-refractivity contribution in [2.45, 2.75) is 39.7 Å². The molecule has 3 rings (SSSR count). The van der Waals surface area contributed by atoms with E-state index in [9.17, 15) is 4.79 Å². The molecule has 1 amide bonds. The van der Waals surface area contributed by atoms with Crippen molar-refractivity contribution in [1.82, 2.24) is 19.9 Å². The maximum absolute atomic E-state index is 12.7. The largest absolute Gasteiger partial charge is 0.445 e. The maximum atomic E-state index is 12.7. The number of carbonyl (C=O) groups excluding carboxylic acids is 1. The van der Waals surface area contributed by atoms with Crippen LogP contribution in [0.5, 0.6) is 0 Å². The summed E-state index contributed by atoms with van der Waals surface area (Å²) in [5, 5.41) is 0. The molecule has 0 fully saturated rings. The first-order valence-corrected chi connectivity index (χ1v) is 7.32. The van der Waals surface area contributed by atoms with Crippen LogP contribution in [0.15, 0.2) is 10.6 Å². The summed E-state index contributed by atoms with van der Waals surface area (Å²) in [6.07, 6.45) is 2.36. The van der Waals surface area contributed by atoms with Crippen LogP contribution in [0, 0.1) is 6.92 Å². The highest BCUT2D eigenvalue weighted by Crippen LogP contribution is 2.22. The zero-order valence-corrected chi connectivity index (χ0v) is 13.0. The Kier molecular flexibility index (Phi) is 3.56. The molecule has 7 heteroatoms. The molecule has 0 bridgehead atoms. The molecule has 0 spiro atoms. The number of carbonyl (C=O) groups is 1. The summed E-state index contributed by atoms with van der Waals surface area (Å²) in [7, 11) is 0. The minimum Gasteiger partial charge on any atom is -0.445 e. The number of hydrogen-bond donors (Lipinski definition) is 1. The van der Waals surface area contributed by atoms with E-state index >= 15 is 0 Å². The molecule has 0 aliphatic carbocycles. The Hall–Kier alpha value is -2.44. The standard InChI is InChI=1S/C15H19N5O2/c1-8(2)13-19-12(9(3)22-13)14(21)20-5-4-11-10(7-20)6-17-15(16)18-11/h6,8H,4-5,7H2,1-3H3,(H2,16,17,18). The van der Waals surface area contributed by atoms with Gasteiger partial charge in [0.2, 0.25) is 5.95 Å². The van der Waals surface area contributed by atoms with E-state index in [1.54, 1.807) is 18.0 Å². The third-order valence-corrected chi connectivity index (χ3v) is 3.75. The Bertz CT molecular complexity index is 723. The molecule has 0 saturated heterocycles. The van der Waals surface area contributed by atoms with Crippen molar-refractivity contribution in [2.75, 3.05) is 12.3 Å². The first kappa shape index (κ1) is 14.5. The third kappa shape index (κ3) is 2.54. The number of oxazole rings is 1. The molecular formula is C15H19N5O2. The monoisotopic (exact) mass is 301 g/mol. The van der Waals surface area contributed by atoms with Crippen LogP contribution >= 0.6 is 0 Å². The zero-order valence-electron chi connectivity index (χ0n) is 13.0. The molecule has 7 nitrogen and oxygen atoms in total. The van der Waals surface area contributed by atoms with Crippen molar-refractivity contribution < 1.29 is 9.21 Å². The molecule has 22 heavy (non-hydrogen) atoms. The molecule has 1 aliphatic heterocycles. The Balaban J connectivity index is 1.83. The molecule has 0 aromatic carbocycles. The number of nitrogens with two attached hydrogens (primary N) is 1. The van der Waals surface area contributed by atoms with Gasteiger partial charge in [0, 0.05) is 37.2 Å². The summed E-state index contributed by atoms with van der Waals surface area (Å²) in [5.74, 6) is 1.46. The number of fused-ring (bicyclic) bond motifs is 1. The van der Waals surface area contributed by atoms with Crippen molar-refractivity contribution in [2.24, 2.45) is 0 Å². The van der Waals surface area contributed by atoms with Crippen molar-refractivity contribution in [1.29, 1.82) is 0 Å². The van der Waals surface area contributed by atoms with Crippen LogP contribution in [0.25, 0.3) is 0 Å². The Morgan fingerprint density at radius 2 is 2.18 bits per heavy atom. The van der Waals surface area contributed by atoms with Crippen LogP contribution in [0.2, 0.25) is 0 Å². The maximum Gasteiger partial charge on any atom is 0.276 e. The molecular weight excluding hydrogens is 282 g/mol. The summed E-state index contributed by atoms with van der Waals surface area (Å²) in [6.45, 7) is 6.80. The predicted molar refractivity (Wildman–Crippen MR) is 80.2 cm³/mol. The van der Waals surface area contributed by atoms with Gasteiger partial charge in [0.1, 0.15) is 5.76 Å². The summed E-state index contributed by atoms with van der Waals surface area (Å²) in [5.41, 5.74) is 7.83. The van der Waals surface area contributed by atoms with Crippen LogP contribution < -0.4 is 5.73 Å². The summed E-state index contributed by atoms with van der Waals surface area (Å²) >= 11 is 0. The van der Waals surface area contributed by atoms with Gasteiger partial charge in [-0.3, -0.25) is 4.79 Å². The lowest BCUT2D eigenvalue weighted by molar-refractivity contribution is 0.0726.